The number of benzene rings is 1. The van der Waals surface area contributed by atoms with Gasteiger partial charge in [-0.05, 0) is 36.3 Å². The Labute approximate surface area is 116 Å². The van der Waals surface area contributed by atoms with Crippen LogP contribution in [0.3, 0.4) is 0 Å². The van der Waals surface area contributed by atoms with E-state index in [9.17, 15) is 5.11 Å². The number of aliphatic hydroxyl groups is 1. The smallest absolute Gasteiger partial charge is 0.0796 e. The van der Waals surface area contributed by atoms with Gasteiger partial charge in [-0.3, -0.25) is 0 Å². The molecule has 0 heterocycles. The van der Waals surface area contributed by atoms with E-state index in [4.69, 9.17) is 5.73 Å². The molecule has 19 heavy (non-hydrogen) atoms. The predicted octanol–water partition coefficient (Wildman–Crippen LogP) is 2.67. The van der Waals surface area contributed by atoms with Crippen molar-refractivity contribution < 1.29 is 5.11 Å². The summed E-state index contributed by atoms with van der Waals surface area (Å²) in [7, 11) is 0. The van der Waals surface area contributed by atoms with E-state index >= 15 is 0 Å². The zero-order chi connectivity index (χ0) is 13.5. The average Bonchev–Trinajstić information content (AvgIpc) is 3.00. The molecule has 2 nitrogen and oxygen atoms in total. The minimum absolute atomic E-state index is 0.0628. The molecule has 1 saturated carbocycles. The topological polar surface area (TPSA) is 46.2 Å². The maximum Gasteiger partial charge on any atom is 0.0796 e. The first-order chi connectivity index (χ1) is 9.12. The van der Waals surface area contributed by atoms with Crippen molar-refractivity contribution in [2.45, 2.75) is 51.0 Å². The molecule has 2 atom stereocenters. The van der Waals surface area contributed by atoms with E-state index in [2.05, 4.69) is 31.2 Å². The Balaban J connectivity index is 1.90. The molecule has 2 aliphatic carbocycles. The van der Waals surface area contributed by atoms with E-state index in [1.165, 1.54) is 24.0 Å². The van der Waals surface area contributed by atoms with Crippen molar-refractivity contribution in [3.8, 4) is 0 Å². The molecular weight excluding hydrogens is 234 g/mol. The van der Waals surface area contributed by atoms with Crippen LogP contribution in [0.15, 0.2) is 24.3 Å². The van der Waals surface area contributed by atoms with Crippen molar-refractivity contribution in [2.75, 3.05) is 6.54 Å². The number of hydrogen-bond donors (Lipinski definition) is 2. The third kappa shape index (κ3) is 1.93. The Morgan fingerprint density at radius 3 is 2.37 bits per heavy atom. The Morgan fingerprint density at radius 1 is 1.26 bits per heavy atom. The minimum Gasteiger partial charge on any atom is -0.389 e. The summed E-state index contributed by atoms with van der Waals surface area (Å²) in [6, 6.07) is 8.46. The van der Waals surface area contributed by atoms with Crippen molar-refractivity contribution in [3.05, 3.63) is 35.4 Å². The van der Waals surface area contributed by atoms with Crippen LogP contribution in [-0.2, 0) is 12.8 Å². The lowest BCUT2D eigenvalue weighted by atomic mass is 9.68. The van der Waals surface area contributed by atoms with Crippen LogP contribution in [0.5, 0.6) is 0 Å². The highest BCUT2D eigenvalue weighted by Crippen LogP contribution is 2.53. The largest absolute Gasteiger partial charge is 0.389 e. The zero-order valence-electron chi connectivity index (χ0n) is 11.9. The fraction of sp³-hybridized carbons (Fsp3) is 0.647. The summed E-state index contributed by atoms with van der Waals surface area (Å²) in [4.78, 5) is 0. The molecule has 3 rings (SSSR count). The van der Waals surface area contributed by atoms with E-state index in [1.807, 2.05) is 0 Å². The zero-order valence-corrected chi connectivity index (χ0v) is 11.9. The molecule has 2 aliphatic rings. The maximum absolute atomic E-state index is 11.3. The van der Waals surface area contributed by atoms with Crippen LogP contribution in [0.25, 0.3) is 0 Å². The van der Waals surface area contributed by atoms with Gasteiger partial charge in [0.05, 0.1) is 5.60 Å². The molecule has 1 aromatic rings. The van der Waals surface area contributed by atoms with E-state index < -0.39 is 5.60 Å². The minimum atomic E-state index is -0.616. The summed E-state index contributed by atoms with van der Waals surface area (Å²) in [6.07, 6.45) is 6.21. The van der Waals surface area contributed by atoms with E-state index in [-0.39, 0.29) is 5.41 Å². The Kier molecular flexibility index (Phi) is 3.18. The van der Waals surface area contributed by atoms with Gasteiger partial charge in [-0.25, -0.2) is 0 Å². The fourth-order valence-corrected chi connectivity index (χ4v) is 4.35. The van der Waals surface area contributed by atoms with Crippen LogP contribution in [0.1, 0.15) is 43.7 Å². The lowest BCUT2D eigenvalue weighted by molar-refractivity contribution is -0.0719. The average molecular weight is 259 g/mol. The molecule has 0 radical (unpaired) electrons. The maximum atomic E-state index is 11.3. The van der Waals surface area contributed by atoms with Crippen LogP contribution in [-0.4, -0.2) is 17.3 Å². The summed E-state index contributed by atoms with van der Waals surface area (Å²) in [6.45, 7) is 2.87. The summed E-state index contributed by atoms with van der Waals surface area (Å²) in [5.41, 5.74) is 8.08. The first-order valence-electron chi connectivity index (χ1n) is 7.62. The monoisotopic (exact) mass is 259 g/mol. The van der Waals surface area contributed by atoms with Gasteiger partial charge in [-0.2, -0.15) is 0 Å². The standard InChI is InChI=1S/C17H25NO/c1-2-13-7-8-16(9-13,12-18)17(19)10-14-5-3-4-6-15(14)11-17/h3-6,13,19H,2,7-12,18H2,1H3. The van der Waals surface area contributed by atoms with Crippen LogP contribution in [0.4, 0.5) is 0 Å². The first-order valence-corrected chi connectivity index (χ1v) is 7.62. The molecule has 0 bridgehead atoms. The van der Waals surface area contributed by atoms with Gasteiger partial charge < -0.3 is 10.8 Å². The predicted molar refractivity (Wildman–Crippen MR) is 77.9 cm³/mol. The van der Waals surface area contributed by atoms with Crippen LogP contribution >= 0.6 is 0 Å². The Hall–Kier alpha value is -0.860. The lowest BCUT2D eigenvalue weighted by Crippen LogP contribution is -2.52. The van der Waals surface area contributed by atoms with Crippen molar-refractivity contribution in [3.63, 3.8) is 0 Å². The van der Waals surface area contributed by atoms with Crippen LogP contribution < -0.4 is 5.73 Å². The number of rotatable bonds is 3. The lowest BCUT2D eigenvalue weighted by Gasteiger charge is -2.42. The van der Waals surface area contributed by atoms with Gasteiger partial charge in [0.1, 0.15) is 0 Å². The molecular formula is C17H25NO. The Morgan fingerprint density at radius 2 is 1.89 bits per heavy atom. The van der Waals surface area contributed by atoms with E-state index in [0.29, 0.717) is 6.54 Å². The summed E-state index contributed by atoms with van der Waals surface area (Å²) in [5, 5.41) is 11.3. The molecule has 0 aromatic heterocycles. The third-order valence-electron chi connectivity index (χ3n) is 5.75. The second-order valence-corrected chi connectivity index (χ2v) is 6.66. The van der Waals surface area contributed by atoms with Crippen LogP contribution in [0, 0.1) is 11.3 Å². The van der Waals surface area contributed by atoms with Gasteiger partial charge in [0.15, 0.2) is 0 Å². The molecule has 104 valence electrons. The summed E-state index contributed by atoms with van der Waals surface area (Å²) in [5.74, 6) is 0.747. The molecule has 2 unspecified atom stereocenters. The number of hydrogen-bond acceptors (Lipinski definition) is 2. The summed E-state index contributed by atoms with van der Waals surface area (Å²) < 4.78 is 0. The molecule has 0 spiro atoms. The van der Waals surface area contributed by atoms with Gasteiger partial charge in [-0.1, -0.05) is 37.6 Å². The van der Waals surface area contributed by atoms with Crippen molar-refractivity contribution >= 4 is 0 Å². The van der Waals surface area contributed by atoms with Gasteiger partial charge in [0, 0.05) is 24.8 Å². The highest BCUT2D eigenvalue weighted by atomic mass is 16.3. The second kappa shape index (κ2) is 4.60. The quantitative estimate of drug-likeness (QED) is 0.876. The second-order valence-electron chi connectivity index (χ2n) is 6.66. The normalized spacial score (nSPS) is 32.5. The highest BCUT2D eigenvalue weighted by molar-refractivity contribution is 5.37. The molecule has 2 heteroatoms. The SMILES string of the molecule is CCC1CCC(CN)(C2(O)Cc3ccccc3C2)C1. The van der Waals surface area contributed by atoms with Gasteiger partial charge in [0.25, 0.3) is 0 Å². The Bertz CT molecular complexity index is 445. The van der Waals surface area contributed by atoms with E-state index in [1.54, 1.807) is 0 Å². The molecule has 1 aromatic carbocycles. The molecule has 0 saturated heterocycles. The fourth-order valence-electron chi connectivity index (χ4n) is 4.35. The van der Waals surface area contributed by atoms with Crippen molar-refractivity contribution in [1.82, 2.24) is 0 Å². The van der Waals surface area contributed by atoms with Gasteiger partial charge in [-0.15, -0.1) is 0 Å². The van der Waals surface area contributed by atoms with Gasteiger partial charge in [0.2, 0.25) is 0 Å². The van der Waals surface area contributed by atoms with E-state index in [0.717, 1.165) is 31.6 Å². The van der Waals surface area contributed by atoms with Gasteiger partial charge >= 0.3 is 0 Å². The molecule has 1 fully saturated rings. The first kappa shape index (κ1) is 13.1. The highest BCUT2D eigenvalue weighted by Gasteiger charge is 2.54. The van der Waals surface area contributed by atoms with Crippen LogP contribution in [0.2, 0.25) is 0 Å². The van der Waals surface area contributed by atoms with Crippen molar-refractivity contribution in [1.29, 1.82) is 0 Å². The molecule has 0 amide bonds. The third-order valence-corrected chi connectivity index (χ3v) is 5.75. The number of nitrogens with two attached hydrogens (primary N) is 1. The number of fused-ring (bicyclic) bond motifs is 1. The molecule has 3 N–H and O–H groups in total. The molecule has 0 aliphatic heterocycles. The summed E-state index contributed by atoms with van der Waals surface area (Å²) >= 11 is 0. The van der Waals surface area contributed by atoms with Crippen molar-refractivity contribution in [2.24, 2.45) is 17.1 Å².